The molecule has 1 aromatic heterocycles. The molecular formula is C21H22N2O3. The number of nitrogens with one attached hydrogen (secondary N) is 2. The quantitative estimate of drug-likeness (QED) is 0.688. The second kappa shape index (κ2) is 8.34. The van der Waals surface area contributed by atoms with Crippen molar-refractivity contribution < 1.29 is 9.53 Å². The van der Waals surface area contributed by atoms with Crippen LogP contribution in [0.25, 0.3) is 10.9 Å². The van der Waals surface area contributed by atoms with E-state index in [1.54, 1.807) is 7.11 Å². The molecule has 0 unspecified atom stereocenters. The molecule has 0 atom stereocenters. The van der Waals surface area contributed by atoms with Crippen LogP contribution in [0, 0.1) is 0 Å². The summed E-state index contributed by atoms with van der Waals surface area (Å²) < 4.78 is 5.31. The van der Waals surface area contributed by atoms with Crippen LogP contribution in [0.5, 0.6) is 5.75 Å². The van der Waals surface area contributed by atoms with Crippen molar-refractivity contribution in [1.29, 1.82) is 0 Å². The van der Waals surface area contributed by atoms with Gasteiger partial charge in [-0.3, -0.25) is 9.59 Å². The van der Waals surface area contributed by atoms with Gasteiger partial charge in [0.05, 0.1) is 7.11 Å². The second-order valence-corrected chi connectivity index (χ2v) is 6.12. The number of hydrogen-bond donors (Lipinski definition) is 2. The molecule has 0 saturated carbocycles. The number of ether oxygens (including phenoxy) is 1. The molecule has 0 aliphatic rings. The fraction of sp³-hybridized carbons (Fsp3) is 0.238. The maximum atomic E-state index is 12.1. The van der Waals surface area contributed by atoms with Gasteiger partial charge in [-0.05, 0) is 42.0 Å². The number of hydrogen-bond acceptors (Lipinski definition) is 3. The Morgan fingerprint density at radius 2 is 1.81 bits per heavy atom. The Morgan fingerprint density at radius 1 is 1.04 bits per heavy atom. The van der Waals surface area contributed by atoms with Crippen molar-refractivity contribution in [2.45, 2.75) is 19.3 Å². The van der Waals surface area contributed by atoms with E-state index in [2.05, 4.69) is 10.3 Å². The predicted molar refractivity (Wildman–Crippen MR) is 103 cm³/mol. The highest BCUT2D eigenvalue weighted by Crippen LogP contribution is 2.17. The Morgan fingerprint density at radius 3 is 2.65 bits per heavy atom. The number of H-pyrrole nitrogens is 1. The van der Waals surface area contributed by atoms with Crippen LogP contribution >= 0.6 is 0 Å². The molecule has 3 aromatic rings. The molecule has 0 radical (unpaired) electrons. The monoisotopic (exact) mass is 350 g/mol. The van der Waals surface area contributed by atoms with Crippen molar-refractivity contribution in [3.05, 3.63) is 76.1 Å². The summed E-state index contributed by atoms with van der Waals surface area (Å²) in [5, 5.41) is 3.87. The van der Waals surface area contributed by atoms with Crippen molar-refractivity contribution in [2.75, 3.05) is 13.7 Å². The van der Waals surface area contributed by atoms with E-state index in [0.717, 1.165) is 22.2 Å². The number of carbonyl (C=O) groups is 1. The number of aryl methyl sites for hydroxylation is 1. The average molecular weight is 350 g/mol. The number of aromatic nitrogens is 1. The summed E-state index contributed by atoms with van der Waals surface area (Å²) in [6.45, 7) is 0.535. The topological polar surface area (TPSA) is 71.2 Å². The molecule has 5 nitrogen and oxygen atoms in total. The van der Waals surface area contributed by atoms with E-state index in [-0.39, 0.29) is 17.9 Å². The summed E-state index contributed by atoms with van der Waals surface area (Å²) in [5.41, 5.74) is 2.36. The highest BCUT2D eigenvalue weighted by molar-refractivity contribution is 5.79. The van der Waals surface area contributed by atoms with Gasteiger partial charge in [0.2, 0.25) is 5.91 Å². The van der Waals surface area contributed by atoms with Gasteiger partial charge in [0.25, 0.3) is 5.56 Å². The van der Waals surface area contributed by atoms with E-state index < -0.39 is 0 Å². The van der Waals surface area contributed by atoms with Crippen molar-refractivity contribution in [2.24, 2.45) is 0 Å². The summed E-state index contributed by atoms with van der Waals surface area (Å²) in [5.74, 6) is 0.761. The van der Waals surface area contributed by atoms with Crippen LogP contribution in [0.2, 0.25) is 0 Å². The van der Waals surface area contributed by atoms with Crippen LogP contribution in [-0.2, 0) is 17.6 Å². The fourth-order valence-electron chi connectivity index (χ4n) is 2.96. The third-order valence-electron chi connectivity index (χ3n) is 4.36. The molecule has 0 aliphatic carbocycles. The van der Waals surface area contributed by atoms with Gasteiger partial charge in [0.15, 0.2) is 0 Å². The molecule has 5 heteroatoms. The minimum atomic E-state index is -0.134. The summed E-state index contributed by atoms with van der Waals surface area (Å²) >= 11 is 0. The largest absolute Gasteiger partial charge is 0.496 e. The Bertz CT molecular complexity index is 963. The Hall–Kier alpha value is -3.08. The van der Waals surface area contributed by atoms with Crippen molar-refractivity contribution in [3.63, 3.8) is 0 Å². The zero-order valence-corrected chi connectivity index (χ0v) is 14.7. The first-order chi connectivity index (χ1) is 12.7. The Kier molecular flexibility index (Phi) is 5.69. The normalized spacial score (nSPS) is 10.7. The maximum absolute atomic E-state index is 12.1. The summed E-state index contributed by atoms with van der Waals surface area (Å²) in [6, 6.07) is 17.2. The molecule has 1 heterocycles. The molecule has 0 spiro atoms. The second-order valence-electron chi connectivity index (χ2n) is 6.12. The third-order valence-corrected chi connectivity index (χ3v) is 4.36. The molecule has 3 rings (SSSR count). The first kappa shape index (κ1) is 17.7. The standard InChI is InChI=1S/C21H22N2O3/c1-26-19-9-5-3-6-15(19)12-13-22-20(24)11-10-17-14-16-7-2-4-8-18(16)23-21(17)25/h2-9,14H,10-13H2,1H3,(H,22,24)(H,23,25). The van der Waals surface area contributed by atoms with Crippen LogP contribution < -0.4 is 15.6 Å². The third kappa shape index (κ3) is 4.30. The molecule has 2 N–H and O–H groups in total. The lowest BCUT2D eigenvalue weighted by Crippen LogP contribution is -2.26. The van der Waals surface area contributed by atoms with E-state index in [4.69, 9.17) is 4.74 Å². The van der Waals surface area contributed by atoms with Crippen LogP contribution in [0.3, 0.4) is 0 Å². The van der Waals surface area contributed by atoms with E-state index >= 15 is 0 Å². The first-order valence-electron chi connectivity index (χ1n) is 8.67. The van der Waals surface area contributed by atoms with Crippen LogP contribution in [-0.4, -0.2) is 24.5 Å². The molecule has 1 amide bonds. The summed E-state index contributed by atoms with van der Waals surface area (Å²) in [6.07, 6.45) is 1.40. The molecule has 2 aromatic carbocycles. The number of fused-ring (bicyclic) bond motifs is 1. The average Bonchev–Trinajstić information content (AvgIpc) is 2.66. The number of para-hydroxylation sites is 2. The highest BCUT2D eigenvalue weighted by atomic mass is 16.5. The zero-order chi connectivity index (χ0) is 18.4. The number of benzene rings is 2. The van der Waals surface area contributed by atoms with Crippen molar-refractivity contribution >= 4 is 16.8 Å². The lowest BCUT2D eigenvalue weighted by Gasteiger charge is -2.09. The van der Waals surface area contributed by atoms with Crippen LogP contribution in [0.4, 0.5) is 0 Å². The lowest BCUT2D eigenvalue weighted by atomic mass is 10.1. The predicted octanol–water partition coefficient (Wildman–Crippen LogP) is 2.83. The van der Waals surface area contributed by atoms with Gasteiger partial charge in [0.1, 0.15) is 5.75 Å². The molecular weight excluding hydrogens is 328 g/mol. The highest BCUT2D eigenvalue weighted by Gasteiger charge is 2.07. The summed E-state index contributed by atoms with van der Waals surface area (Å²) in [7, 11) is 1.64. The Labute approximate surface area is 152 Å². The first-order valence-corrected chi connectivity index (χ1v) is 8.67. The number of rotatable bonds is 7. The molecule has 0 saturated heterocycles. The lowest BCUT2D eigenvalue weighted by molar-refractivity contribution is -0.121. The van der Waals surface area contributed by atoms with E-state index in [1.807, 2.05) is 54.6 Å². The van der Waals surface area contributed by atoms with E-state index in [0.29, 0.717) is 24.9 Å². The van der Waals surface area contributed by atoms with Gasteiger partial charge >= 0.3 is 0 Å². The number of amides is 1. The van der Waals surface area contributed by atoms with Gasteiger partial charge in [-0.2, -0.15) is 0 Å². The van der Waals surface area contributed by atoms with Gasteiger partial charge in [0, 0.05) is 24.0 Å². The van der Waals surface area contributed by atoms with E-state index in [9.17, 15) is 9.59 Å². The number of aromatic amines is 1. The molecule has 134 valence electrons. The summed E-state index contributed by atoms with van der Waals surface area (Å²) in [4.78, 5) is 27.1. The molecule has 0 aliphatic heterocycles. The molecule has 0 fully saturated rings. The van der Waals surface area contributed by atoms with Crippen LogP contribution in [0.1, 0.15) is 17.5 Å². The van der Waals surface area contributed by atoms with E-state index in [1.165, 1.54) is 0 Å². The van der Waals surface area contributed by atoms with Gasteiger partial charge in [-0.25, -0.2) is 0 Å². The molecule has 0 bridgehead atoms. The van der Waals surface area contributed by atoms with Gasteiger partial charge in [-0.1, -0.05) is 36.4 Å². The molecule has 26 heavy (non-hydrogen) atoms. The minimum Gasteiger partial charge on any atom is -0.496 e. The number of carbonyl (C=O) groups excluding carboxylic acids is 1. The van der Waals surface area contributed by atoms with Crippen molar-refractivity contribution in [3.8, 4) is 5.75 Å². The smallest absolute Gasteiger partial charge is 0.251 e. The Balaban J connectivity index is 1.53. The fourth-order valence-corrected chi connectivity index (χ4v) is 2.96. The van der Waals surface area contributed by atoms with Crippen LogP contribution in [0.15, 0.2) is 59.4 Å². The van der Waals surface area contributed by atoms with Gasteiger partial charge < -0.3 is 15.0 Å². The van der Waals surface area contributed by atoms with Gasteiger partial charge in [-0.15, -0.1) is 0 Å². The SMILES string of the molecule is COc1ccccc1CCNC(=O)CCc1cc2ccccc2[nH]c1=O. The van der Waals surface area contributed by atoms with Crippen molar-refractivity contribution in [1.82, 2.24) is 10.3 Å². The number of methoxy groups -OCH3 is 1. The zero-order valence-electron chi connectivity index (χ0n) is 14.7. The maximum Gasteiger partial charge on any atom is 0.251 e. The number of pyridine rings is 1. The minimum absolute atomic E-state index is 0.0625.